The molecular formula is C28H33N3O6. The fraction of sp³-hybridized carbons (Fsp3) is 0.393. The van der Waals surface area contributed by atoms with E-state index in [0.717, 1.165) is 16.7 Å². The first-order valence-corrected chi connectivity index (χ1v) is 12.4. The van der Waals surface area contributed by atoms with Gasteiger partial charge in [0.2, 0.25) is 5.91 Å². The number of hydrogen-bond donors (Lipinski definition) is 2. The summed E-state index contributed by atoms with van der Waals surface area (Å²) in [6, 6.07) is 15.9. The molecule has 3 amide bonds. The van der Waals surface area contributed by atoms with Gasteiger partial charge in [-0.2, -0.15) is 0 Å². The lowest BCUT2D eigenvalue weighted by molar-refractivity contribution is -0.134. The molecule has 2 aromatic carbocycles. The molecule has 0 saturated carbocycles. The van der Waals surface area contributed by atoms with Gasteiger partial charge in [0.1, 0.15) is 12.4 Å². The number of ether oxygens (including phenoxy) is 1. The van der Waals surface area contributed by atoms with Crippen molar-refractivity contribution in [1.29, 1.82) is 0 Å². The largest absolute Gasteiger partial charge is 0.491 e. The number of fused-ring (bicyclic) bond motifs is 2. The van der Waals surface area contributed by atoms with Gasteiger partial charge in [-0.1, -0.05) is 42.5 Å². The van der Waals surface area contributed by atoms with E-state index in [1.165, 1.54) is 11.8 Å². The maximum Gasteiger partial charge on any atom is 0.408 e. The third kappa shape index (κ3) is 5.77. The minimum Gasteiger partial charge on any atom is -0.491 e. The molecule has 0 aromatic heterocycles. The van der Waals surface area contributed by atoms with E-state index < -0.39 is 18.2 Å². The lowest BCUT2D eigenvalue weighted by Crippen LogP contribution is -2.64. The highest BCUT2D eigenvalue weighted by Gasteiger charge is 2.47. The highest BCUT2D eigenvalue weighted by Crippen LogP contribution is 2.39. The molecule has 0 radical (unpaired) electrons. The first-order chi connectivity index (χ1) is 17.8. The number of aliphatic hydroxyl groups excluding tert-OH is 1. The van der Waals surface area contributed by atoms with E-state index in [0.29, 0.717) is 30.7 Å². The van der Waals surface area contributed by atoms with Crippen LogP contribution in [-0.2, 0) is 16.0 Å². The minimum absolute atomic E-state index is 0.0953. The number of hydrogen-bond acceptors (Lipinski definition) is 5. The molecule has 1 fully saturated rings. The third-order valence-corrected chi connectivity index (χ3v) is 7.04. The van der Waals surface area contributed by atoms with Crippen LogP contribution in [0.5, 0.6) is 5.75 Å². The van der Waals surface area contributed by atoms with E-state index in [1.807, 2.05) is 42.5 Å². The molecule has 4 rings (SSSR count). The van der Waals surface area contributed by atoms with Crippen LogP contribution in [0, 0.1) is 0 Å². The van der Waals surface area contributed by atoms with E-state index in [4.69, 9.17) is 9.84 Å². The van der Waals surface area contributed by atoms with Gasteiger partial charge in [0.15, 0.2) is 0 Å². The van der Waals surface area contributed by atoms with Crippen molar-refractivity contribution in [3.63, 3.8) is 0 Å². The average molecular weight is 508 g/mol. The summed E-state index contributed by atoms with van der Waals surface area (Å²) in [5.74, 6) is 0.210. The molecule has 37 heavy (non-hydrogen) atoms. The molecule has 9 heteroatoms. The zero-order valence-corrected chi connectivity index (χ0v) is 21.2. The van der Waals surface area contributed by atoms with Crippen LogP contribution in [-0.4, -0.2) is 94.8 Å². The van der Waals surface area contributed by atoms with Crippen molar-refractivity contribution in [1.82, 2.24) is 14.7 Å². The molecule has 9 nitrogen and oxygen atoms in total. The van der Waals surface area contributed by atoms with Crippen LogP contribution < -0.4 is 4.74 Å². The Kier molecular flexibility index (Phi) is 8.13. The SMILES string of the molecule is CC(=O)N1CC2CC(c3ccc(OCCO)cc3)=C(C(=O)N(C)CCc3ccccc3)[C@@H](C1)N2C(=O)O. The number of amides is 3. The van der Waals surface area contributed by atoms with Gasteiger partial charge in [-0.05, 0) is 41.7 Å². The summed E-state index contributed by atoms with van der Waals surface area (Å²) in [5, 5.41) is 19.1. The summed E-state index contributed by atoms with van der Waals surface area (Å²) in [6.07, 6.45) is -0.114. The van der Waals surface area contributed by atoms with Crippen molar-refractivity contribution in [3.05, 3.63) is 71.3 Å². The van der Waals surface area contributed by atoms with E-state index in [1.54, 1.807) is 29.0 Å². The Hall–Kier alpha value is -3.85. The second kappa shape index (κ2) is 11.5. The van der Waals surface area contributed by atoms with Crippen molar-refractivity contribution in [3.8, 4) is 5.75 Å². The summed E-state index contributed by atoms with van der Waals surface area (Å²) in [5.41, 5.74) is 3.11. The van der Waals surface area contributed by atoms with E-state index in [-0.39, 0.29) is 38.1 Å². The molecule has 2 aliphatic rings. The standard InChI is InChI=1S/C28H33N3O6/c1-19(33)30-17-22-16-24(21-8-10-23(11-9-21)37-15-14-32)26(25(18-30)31(22)28(35)36)27(34)29(2)13-12-20-6-4-3-5-7-20/h3-11,22,25,32H,12-18H2,1-2H3,(H,35,36)/t22?,25-/m1/s1. The van der Waals surface area contributed by atoms with Crippen LogP contribution in [0.2, 0.25) is 0 Å². The Morgan fingerprint density at radius 3 is 2.38 bits per heavy atom. The van der Waals surface area contributed by atoms with E-state index in [2.05, 4.69) is 0 Å². The summed E-state index contributed by atoms with van der Waals surface area (Å²) in [4.78, 5) is 43.2. The Labute approximate surface area is 216 Å². The minimum atomic E-state index is -1.10. The van der Waals surface area contributed by atoms with Gasteiger partial charge in [-0.25, -0.2) is 4.79 Å². The number of aliphatic hydroxyl groups is 1. The number of likely N-dealkylation sites (N-methyl/N-ethyl adjacent to an activating group) is 1. The molecule has 2 aliphatic heterocycles. The van der Waals surface area contributed by atoms with Crippen molar-refractivity contribution < 1.29 is 29.3 Å². The van der Waals surface area contributed by atoms with Gasteiger partial charge >= 0.3 is 6.09 Å². The van der Waals surface area contributed by atoms with Crippen LogP contribution in [0.1, 0.15) is 24.5 Å². The number of carboxylic acid groups (broad SMARTS) is 1. The average Bonchev–Trinajstić information content (AvgIpc) is 2.90. The van der Waals surface area contributed by atoms with Crippen LogP contribution in [0.4, 0.5) is 4.79 Å². The van der Waals surface area contributed by atoms with E-state index in [9.17, 15) is 19.5 Å². The van der Waals surface area contributed by atoms with Crippen molar-refractivity contribution in [2.75, 3.05) is 39.9 Å². The lowest BCUT2D eigenvalue weighted by atomic mass is 9.81. The molecule has 2 atom stereocenters. The predicted octanol–water partition coefficient (Wildman–Crippen LogP) is 2.50. The molecule has 2 heterocycles. The number of benzene rings is 2. The number of rotatable bonds is 8. The molecule has 1 saturated heterocycles. The highest BCUT2D eigenvalue weighted by atomic mass is 16.5. The first kappa shape index (κ1) is 26.2. The van der Waals surface area contributed by atoms with Gasteiger partial charge < -0.3 is 24.7 Å². The first-order valence-electron chi connectivity index (χ1n) is 12.4. The van der Waals surface area contributed by atoms with E-state index >= 15 is 0 Å². The van der Waals surface area contributed by atoms with Gasteiger partial charge in [0.05, 0.1) is 18.7 Å². The number of carbonyl (C=O) groups excluding carboxylic acids is 2. The summed E-state index contributed by atoms with van der Waals surface area (Å²) in [7, 11) is 1.73. The van der Waals surface area contributed by atoms with Crippen molar-refractivity contribution >= 4 is 23.5 Å². The van der Waals surface area contributed by atoms with Gasteiger partial charge in [-0.15, -0.1) is 0 Å². The molecule has 196 valence electrons. The van der Waals surface area contributed by atoms with Crippen molar-refractivity contribution in [2.24, 2.45) is 0 Å². The monoisotopic (exact) mass is 507 g/mol. The molecule has 2 aromatic rings. The van der Waals surface area contributed by atoms with Crippen LogP contribution in [0.15, 0.2) is 60.2 Å². The summed E-state index contributed by atoms with van der Waals surface area (Å²) >= 11 is 0. The highest BCUT2D eigenvalue weighted by molar-refractivity contribution is 6.04. The second-order valence-electron chi connectivity index (χ2n) is 9.44. The molecular weight excluding hydrogens is 474 g/mol. The molecule has 1 unspecified atom stereocenters. The van der Waals surface area contributed by atoms with Gasteiger partial charge in [-0.3, -0.25) is 14.5 Å². The normalized spacial score (nSPS) is 19.0. The molecule has 2 N–H and O–H groups in total. The Morgan fingerprint density at radius 1 is 1.05 bits per heavy atom. The maximum atomic E-state index is 13.9. The molecule has 2 bridgehead atoms. The van der Waals surface area contributed by atoms with Crippen LogP contribution in [0.25, 0.3) is 5.57 Å². The topological polar surface area (TPSA) is 111 Å². The second-order valence-corrected chi connectivity index (χ2v) is 9.44. The molecule has 0 aliphatic carbocycles. The number of nitrogens with zero attached hydrogens (tertiary/aromatic N) is 3. The summed E-state index contributed by atoms with van der Waals surface area (Å²) < 4.78 is 5.48. The smallest absolute Gasteiger partial charge is 0.408 e. The fourth-order valence-electron chi connectivity index (χ4n) is 5.16. The Morgan fingerprint density at radius 2 is 1.76 bits per heavy atom. The zero-order valence-electron chi connectivity index (χ0n) is 21.2. The third-order valence-electron chi connectivity index (χ3n) is 7.04. The lowest BCUT2D eigenvalue weighted by Gasteiger charge is -2.50. The number of piperazine rings is 1. The predicted molar refractivity (Wildman–Crippen MR) is 138 cm³/mol. The molecule has 0 spiro atoms. The Bertz CT molecular complexity index is 1160. The quantitative estimate of drug-likeness (QED) is 0.568. The maximum absolute atomic E-state index is 13.9. The number of carbonyl (C=O) groups is 3. The Balaban J connectivity index is 1.72. The van der Waals surface area contributed by atoms with Gasteiger partial charge in [0.25, 0.3) is 5.91 Å². The van der Waals surface area contributed by atoms with Crippen LogP contribution >= 0.6 is 0 Å². The van der Waals surface area contributed by atoms with Crippen molar-refractivity contribution in [2.45, 2.75) is 31.8 Å². The fourth-order valence-corrected chi connectivity index (χ4v) is 5.16. The van der Waals surface area contributed by atoms with Crippen LogP contribution in [0.3, 0.4) is 0 Å². The zero-order chi connectivity index (χ0) is 26.5. The van der Waals surface area contributed by atoms with Gasteiger partial charge in [0, 0.05) is 39.2 Å². The summed E-state index contributed by atoms with van der Waals surface area (Å²) in [6.45, 7) is 2.43.